The number of carbonyl (C=O) groups excluding carboxylic acids is 1. The van der Waals surface area contributed by atoms with Gasteiger partial charge in [0.25, 0.3) is 0 Å². The smallest absolute Gasteiger partial charge is 0.317 e. The predicted octanol–water partition coefficient (Wildman–Crippen LogP) is 1.09. The molecule has 3 saturated heterocycles. The van der Waals surface area contributed by atoms with Gasteiger partial charge in [0.1, 0.15) is 10.9 Å². The summed E-state index contributed by atoms with van der Waals surface area (Å²) in [6, 6.07) is 3.82. The molecule has 0 radical (unpaired) electrons. The molecular weight excluding hydrogens is 380 g/mol. The van der Waals surface area contributed by atoms with Crippen LogP contribution in [0.15, 0.2) is 24.5 Å². The largest absolute Gasteiger partial charge is 0.365 e. The van der Waals surface area contributed by atoms with Crippen LogP contribution in [0.5, 0.6) is 0 Å². The zero-order valence-electron chi connectivity index (χ0n) is 15.8. The number of amides is 2. The van der Waals surface area contributed by atoms with Crippen molar-refractivity contribution in [1.29, 1.82) is 0 Å². The summed E-state index contributed by atoms with van der Waals surface area (Å²) in [6.07, 6.45) is 7.96. The Labute approximate surface area is 165 Å². The number of nitrogens with zero attached hydrogens (tertiary/aromatic N) is 3. The highest BCUT2D eigenvalue weighted by Crippen LogP contribution is 2.47. The molecule has 3 atom stereocenters. The highest BCUT2D eigenvalue weighted by Gasteiger charge is 2.65. The second-order valence-electron chi connectivity index (χ2n) is 8.51. The standard InChI is InChI=1S/C19H26N4O4S/c24-18(21-15-3-1-2-4-15)22-11-16-9-17-19(12-22,27-16)13-23(28(17,25)26)10-14-5-7-20-8-6-14/h5-8,15-17H,1-4,9-13H2,(H,21,24)/t16-,17+,19+/m0/s1. The fourth-order valence-electron chi connectivity index (χ4n) is 5.27. The van der Waals surface area contributed by atoms with Crippen molar-refractivity contribution in [2.45, 2.75) is 61.6 Å². The first-order valence-electron chi connectivity index (χ1n) is 10.1. The number of ether oxygens (including phenoxy) is 1. The van der Waals surface area contributed by atoms with Crippen molar-refractivity contribution < 1.29 is 17.9 Å². The van der Waals surface area contributed by atoms with E-state index in [2.05, 4.69) is 10.3 Å². The number of urea groups is 1. The van der Waals surface area contributed by atoms with Crippen molar-refractivity contribution in [3.63, 3.8) is 0 Å². The van der Waals surface area contributed by atoms with E-state index < -0.39 is 20.9 Å². The van der Waals surface area contributed by atoms with Gasteiger partial charge in [-0.3, -0.25) is 4.98 Å². The Hall–Kier alpha value is -1.71. The Balaban J connectivity index is 1.34. The van der Waals surface area contributed by atoms with E-state index >= 15 is 0 Å². The van der Waals surface area contributed by atoms with E-state index in [9.17, 15) is 13.2 Å². The maximum atomic E-state index is 13.2. The number of rotatable bonds is 3. The minimum Gasteiger partial charge on any atom is -0.365 e. The zero-order chi connectivity index (χ0) is 19.4. The van der Waals surface area contributed by atoms with Crippen LogP contribution in [0.2, 0.25) is 0 Å². The first-order chi connectivity index (χ1) is 13.5. The van der Waals surface area contributed by atoms with Crippen LogP contribution in [0.25, 0.3) is 0 Å². The second kappa shape index (κ2) is 6.67. The van der Waals surface area contributed by atoms with Gasteiger partial charge in [0.15, 0.2) is 0 Å². The fraction of sp³-hybridized carbons (Fsp3) is 0.684. The lowest BCUT2D eigenvalue weighted by Gasteiger charge is -2.39. The molecule has 1 saturated carbocycles. The molecule has 4 heterocycles. The quantitative estimate of drug-likeness (QED) is 0.811. The number of fused-ring (bicyclic) bond motifs is 1. The third kappa shape index (κ3) is 3.00. The molecule has 0 aromatic carbocycles. The van der Waals surface area contributed by atoms with Gasteiger partial charge in [-0.15, -0.1) is 0 Å². The molecule has 5 rings (SSSR count). The van der Waals surface area contributed by atoms with Crippen molar-refractivity contribution >= 4 is 16.1 Å². The van der Waals surface area contributed by atoms with Gasteiger partial charge in [-0.2, -0.15) is 4.31 Å². The van der Waals surface area contributed by atoms with E-state index in [0.29, 0.717) is 32.6 Å². The van der Waals surface area contributed by atoms with Crippen LogP contribution in [0, 0.1) is 0 Å². The second-order valence-corrected chi connectivity index (χ2v) is 10.6. The molecule has 28 heavy (non-hydrogen) atoms. The molecule has 8 nitrogen and oxygen atoms in total. The average Bonchev–Trinajstić information content (AvgIpc) is 3.31. The number of sulfonamides is 1. The molecule has 152 valence electrons. The summed E-state index contributed by atoms with van der Waals surface area (Å²) in [5.41, 5.74) is 0.0834. The van der Waals surface area contributed by atoms with E-state index in [-0.39, 0.29) is 18.2 Å². The van der Waals surface area contributed by atoms with Gasteiger partial charge in [0.05, 0.1) is 12.6 Å². The topological polar surface area (TPSA) is 91.8 Å². The van der Waals surface area contributed by atoms with Gasteiger partial charge in [-0.1, -0.05) is 12.8 Å². The van der Waals surface area contributed by atoms with Gasteiger partial charge in [0, 0.05) is 38.1 Å². The van der Waals surface area contributed by atoms with E-state index in [0.717, 1.165) is 31.2 Å². The highest BCUT2D eigenvalue weighted by molar-refractivity contribution is 7.90. The zero-order valence-corrected chi connectivity index (χ0v) is 16.6. The molecule has 1 spiro atoms. The molecule has 2 amide bonds. The summed E-state index contributed by atoms with van der Waals surface area (Å²) in [5, 5.41) is 2.55. The van der Waals surface area contributed by atoms with Crippen molar-refractivity contribution in [3.05, 3.63) is 30.1 Å². The summed E-state index contributed by atoms with van der Waals surface area (Å²) in [5.74, 6) is 0. The summed E-state index contributed by atoms with van der Waals surface area (Å²) in [7, 11) is -3.47. The van der Waals surface area contributed by atoms with Gasteiger partial charge < -0.3 is 15.0 Å². The lowest BCUT2D eigenvalue weighted by atomic mass is 9.99. The molecule has 4 aliphatic rings. The third-order valence-corrected chi connectivity index (χ3v) is 8.91. The summed E-state index contributed by atoms with van der Waals surface area (Å²) >= 11 is 0. The molecule has 1 aliphatic carbocycles. The van der Waals surface area contributed by atoms with Crippen LogP contribution in [0.3, 0.4) is 0 Å². The Bertz CT molecular complexity index is 858. The Morgan fingerprint density at radius 3 is 2.75 bits per heavy atom. The number of carbonyl (C=O) groups is 1. The van der Waals surface area contributed by atoms with E-state index in [1.807, 2.05) is 12.1 Å². The summed E-state index contributed by atoms with van der Waals surface area (Å²) in [4.78, 5) is 18.5. The van der Waals surface area contributed by atoms with Crippen molar-refractivity contribution in [3.8, 4) is 0 Å². The number of aromatic nitrogens is 1. The van der Waals surface area contributed by atoms with Crippen molar-refractivity contribution in [2.24, 2.45) is 0 Å². The number of pyridine rings is 1. The SMILES string of the molecule is O=C(NC1CCCC1)N1C[C@@H]2C[C@@H]3[C@@](C1)(CN(Cc1ccncc1)S3(=O)=O)O2. The molecule has 1 aromatic rings. The van der Waals surface area contributed by atoms with Crippen LogP contribution < -0.4 is 5.32 Å². The number of nitrogens with one attached hydrogen (secondary N) is 1. The number of likely N-dealkylation sites (tertiary alicyclic amines) is 1. The van der Waals surface area contributed by atoms with Gasteiger partial charge in [-0.25, -0.2) is 13.2 Å². The van der Waals surface area contributed by atoms with Gasteiger partial charge in [0.2, 0.25) is 10.0 Å². The van der Waals surface area contributed by atoms with Crippen molar-refractivity contribution in [2.75, 3.05) is 19.6 Å². The van der Waals surface area contributed by atoms with Gasteiger partial charge in [-0.05, 0) is 37.0 Å². The minimum atomic E-state index is -3.47. The van der Waals surface area contributed by atoms with Crippen LogP contribution >= 0.6 is 0 Å². The Kier molecular flexibility index (Phi) is 4.37. The molecule has 0 unspecified atom stereocenters. The van der Waals surface area contributed by atoms with Crippen molar-refractivity contribution in [1.82, 2.24) is 19.5 Å². The monoisotopic (exact) mass is 406 g/mol. The lowest BCUT2D eigenvalue weighted by Crippen LogP contribution is -2.59. The normalized spacial score (nSPS) is 34.5. The molecule has 4 fully saturated rings. The Morgan fingerprint density at radius 1 is 1.25 bits per heavy atom. The predicted molar refractivity (Wildman–Crippen MR) is 102 cm³/mol. The van der Waals surface area contributed by atoms with E-state index in [1.165, 1.54) is 4.31 Å². The minimum absolute atomic E-state index is 0.0785. The fourth-order valence-corrected chi connectivity index (χ4v) is 7.57. The van der Waals surface area contributed by atoms with Crippen LogP contribution in [0.4, 0.5) is 4.79 Å². The van der Waals surface area contributed by atoms with E-state index in [1.54, 1.807) is 17.3 Å². The molecule has 2 bridgehead atoms. The Morgan fingerprint density at radius 2 is 2.00 bits per heavy atom. The summed E-state index contributed by atoms with van der Waals surface area (Å²) in [6.45, 7) is 1.41. The molecule has 3 aliphatic heterocycles. The molecular formula is C19H26N4O4S. The average molecular weight is 407 g/mol. The lowest BCUT2D eigenvalue weighted by molar-refractivity contribution is -0.0959. The summed E-state index contributed by atoms with van der Waals surface area (Å²) < 4.78 is 34.1. The maximum absolute atomic E-state index is 13.2. The molecule has 9 heteroatoms. The first-order valence-corrected chi connectivity index (χ1v) is 11.6. The molecule has 1 N–H and O–H groups in total. The van der Waals surface area contributed by atoms with Gasteiger partial charge >= 0.3 is 6.03 Å². The highest BCUT2D eigenvalue weighted by atomic mass is 32.2. The number of hydrogen-bond acceptors (Lipinski definition) is 5. The third-order valence-electron chi connectivity index (χ3n) is 6.59. The number of hydrogen-bond donors (Lipinski definition) is 1. The first kappa shape index (κ1) is 18.3. The maximum Gasteiger partial charge on any atom is 0.317 e. The van der Waals surface area contributed by atoms with E-state index in [4.69, 9.17) is 4.74 Å². The van der Waals surface area contributed by atoms with Crippen LogP contribution in [0.1, 0.15) is 37.7 Å². The van der Waals surface area contributed by atoms with Crippen LogP contribution in [-0.4, -0.2) is 71.3 Å². The number of morpholine rings is 1. The molecule has 1 aromatic heterocycles. The van der Waals surface area contributed by atoms with Crippen LogP contribution in [-0.2, 0) is 21.3 Å².